The zero-order valence-corrected chi connectivity index (χ0v) is 15.1. The molecule has 128 valence electrons. The Bertz CT molecular complexity index is 817. The van der Waals surface area contributed by atoms with E-state index in [0.717, 1.165) is 17.6 Å². The summed E-state index contributed by atoms with van der Waals surface area (Å²) < 4.78 is 28.6. The number of ether oxygens (including phenoxy) is 1. The zero-order chi connectivity index (χ0) is 18.1. The zero-order valence-electron chi connectivity index (χ0n) is 14.2. The molecule has 0 amide bonds. The van der Waals surface area contributed by atoms with Crippen LogP contribution in [0.3, 0.4) is 0 Å². The molecule has 6 heteroatoms. The maximum absolute atomic E-state index is 10.3. The van der Waals surface area contributed by atoms with E-state index in [9.17, 15) is 13.2 Å². The molecule has 0 fully saturated rings. The summed E-state index contributed by atoms with van der Waals surface area (Å²) in [5.41, 5.74) is 5.10. The van der Waals surface area contributed by atoms with E-state index >= 15 is 0 Å². The van der Waals surface area contributed by atoms with Crippen molar-refractivity contribution in [1.82, 2.24) is 0 Å². The van der Waals surface area contributed by atoms with Gasteiger partial charge in [0.05, 0.1) is 13.7 Å². The van der Waals surface area contributed by atoms with Crippen LogP contribution in [0.5, 0.6) is 5.75 Å². The van der Waals surface area contributed by atoms with Gasteiger partial charge in [-0.1, -0.05) is 30.3 Å². The van der Waals surface area contributed by atoms with E-state index in [1.165, 1.54) is 16.7 Å². The molecule has 0 saturated carbocycles. The first-order valence-corrected chi connectivity index (χ1v) is 8.33. The van der Waals surface area contributed by atoms with Crippen molar-refractivity contribution in [1.29, 1.82) is 0 Å². The number of hydrogen-bond donors (Lipinski definition) is 0. The number of nitrogens with zero attached hydrogens (tertiary/aromatic N) is 1. The maximum atomic E-state index is 10.3. The number of benzene rings is 2. The van der Waals surface area contributed by atoms with Crippen LogP contribution < -0.4 is 4.74 Å². The molecule has 2 aromatic rings. The van der Waals surface area contributed by atoms with Crippen LogP contribution in [0.25, 0.3) is 0 Å². The van der Waals surface area contributed by atoms with Crippen molar-refractivity contribution in [2.75, 3.05) is 7.11 Å². The Morgan fingerprint density at radius 1 is 1.08 bits per heavy atom. The first-order valence-electron chi connectivity index (χ1n) is 7.30. The Labute approximate surface area is 144 Å². The van der Waals surface area contributed by atoms with E-state index in [0.29, 0.717) is 5.56 Å². The molecule has 0 bridgehead atoms. The molecule has 0 unspecified atom stereocenters. The topological polar surface area (TPSA) is 72.8 Å². The van der Waals surface area contributed by atoms with Gasteiger partial charge in [-0.15, -0.1) is 0 Å². The van der Waals surface area contributed by atoms with Crippen molar-refractivity contribution >= 4 is 16.8 Å². The Hall–Kier alpha value is -2.47. The van der Waals surface area contributed by atoms with Crippen LogP contribution in [0.1, 0.15) is 32.6 Å². The van der Waals surface area contributed by atoms with Gasteiger partial charge in [-0.25, -0.2) is 0 Å². The van der Waals surface area contributed by atoms with E-state index in [1.54, 1.807) is 31.4 Å². The minimum absolute atomic E-state index is 0.120. The minimum Gasteiger partial charge on any atom is -0.496 e. The molecule has 0 aromatic heterocycles. The van der Waals surface area contributed by atoms with Crippen LogP contribution in [0.2, 0.25) is 0 Å². The smallest absolute Gasteiger partial charge is 0.311 e. The van der Waals surface area contributed by atoms with E-state index in [-0.39, 0.29) is 6.54 Å². The number of carbonyl (C=O) groups is 1. The second-order valence-electron chi connectivity index (χ2n) is 5.27. The van der Waals surface area contributed by atoms with Crippen molar-refractivity contribution in [2.45, 2.75) is 27.3 Å². The normalized spacial score (nSPS) is 9.50. The molecule has 0 aliphatic rings. The van der Waals surface area contributed by atoms with Crippen molar-refractivity contribution < 1.29 is 17.9 Å². The molecule has 2 rings (SSSR count). The third-order valence-electron chi connectivity index (χ3n) is 3.45. The average molecular weight is 347 g/mol. The van der Waals surface area contributed by atoms with Gasteiger partial charge in [-0.2, -0.15) is 12.8 Å². The van der Waals surface area contributed by atoms with Crippen LogP contribution in [0, 0.1) is 20.8 Å². The van der Waals surface area contributed by atoms with E-state index in [1.807, 2.05) is 0 Å². The molecule has 24 heavy (non-hydrogen) atoms. The molecule has 0 heterocycles. The number of carbonyl (C=O) groups excluding carboxylic acids is 1. The fourth-order valence-corrected chi connectivity index (χ4v) is 2.30. The first kappa shape index (κ1) is 19.6. The van der Waals surface area contributed by atoms with Gasteiger partial charge < -0.3 is 4.74 Å². The van der Waals surface area contributed by atoms with Crippen LogP contribution in [-0.4, -0.2) is 21.8 Å². The minimum atomic E-state index is -2.37. The maximum Gasteiger partial charge on any atom is 0.311 e. The van der Waals surface area contributed by atoms with E-state index in [4.69, 9.17) is 4.74 Å². The fraction of sp³-hybridized carbons (Fsp3) is 0.278. The second kappa shape index (κ2) is 9.62. The van der Waals surface area contributed by atoms with Gasteiger partial charge in [-0.3, -0.25) is 4.79 Å². The van der Waals surface area contributed by atoms with Crippen LogP contribution in [-0.2, 0) is 17.0 Å². The quantitative estimate of drug-likeness (QED) is 0.791. The Morgan fingerprint density at radius 2 is 1.71 bits per heavy atom. The van der Waals surface area contributed by atoms with Gasteiger partial charge in [0.25, 0.3) is 0 Å². The summed E-state index contributed by atoms with van der Waals surface area (Å²) in [6.07, 6.45) is 0.729. The summed E-state index contributed by atoms with van der Waals surface area (Å²) in [5.74, 6) is 0.988. The summed E-state index contributed by atoms with van der Waals surface area (Å²) >= 11 is 0. The third kappa shape index (κ3) is 6.34. The molecule has 0 aliphatic carbocycles. The number of methoxy groups -OCH3 is 1. The van der Waals surface area contributed by atoms with Gasteiger partial charge in [-0.05, 0) is 49.1 Å². The molecule has 0 atom stereocenters. The van der Waals surface area contributed by atoms with E-state index < -0.39 is 10.5 Å². The van der Waals surface area contributed by atoms with Crippen molar-refractivity contribution in [3.05, 3.63) is 64.2 Å². The largest absolute Gasteiger partial charge is 0.496 e. The lowest BCUT2D eigenvalue weighted by Crippen LogP contribution is -1.90. The summed E-state index contributed by atoms with van der Waals surface area (Å²) in [6.45, 7) is 6.38. The summed E-state index contributed by atoms with van der Waals surface area (Å²) in [4.78, 5) is 10.3. The molecule has 0 N–H and O–H groups in total. The summed E-state index contributed by atoms with van der Waals surface area (Å²) in [6, 6.07) is 10.8. The van der Waals surface area contributed by atoms with Crippen LogP contribution >= 0.6 is 0 Å². The highest BCUT2D eigenvalue weighted by Gasteiger charge is 2.00. The fourth-order valence-electron chi connectivity index (χ4n) is 2.04. The SMILES string of the molecule is COc1cc(C)cc(C)c1C.O=Cc1ccc(CN=S(=O)=O)cc1. The van der Waals surface area contributed by atoms with Gasteiger partial charge in [0.2, 0.25) is 0 Å². The van der Waals surface area contributed by atoms with Gasteiger partial charge in [0, 0.05) is 5.56 Å². The van der Waals surface area contributed by atoms with Gasteiger partial charge >= 0.3 is 10.5 Å². The van der Waals surface area contributed by atoms with Crippen molar-refractivity contribution in [2.24, 2.45) is 4.36 Å². The van der Waals surface area contributed by atoms with Crippen molar-refractivity contribution in [3.63, 3.8) is 0 Å². The number of hydrogen-bond acceptors (Lipinski definition) is 5. The predicted molar refractivity (Wildman–Crippen MR) is 94.1 cm³/mol. The number of aryl methyl sites for hydroxylation is 2. The monoisotopic (exact) mass is 347 g/mol. The molecule has 2 aromatic carbocycles. The lowest BCUT2D eigenvalue weighted by molar-refractivity contribution is 0.112. The molecular formula is C18H21NO4S. The lowest BCUT2D eigenvalue weighted by Gasteiger charge is -2.08. The highest BCUT2D eigenvalue weighted by Crippen LogP contribution is 2.22. The molecule has 5 nitrogen and oxygen atoms in total. The predicted octanol–water partition coefficient (Wildman–Crippen LogP) is 3.68. The lowest BCUT2D eigenvalue weighted by atomic mass is 10.1. The van der Waals surface area contributed by atoms with Crippen molar-refractivity contribution in [3.8, 4) is 5.75 Å². The Balaban J connectivity index is 0.000000243. The highest BCUT2D eigenvalue weighted by atomic mass is 32.2. The average Bonchev–Trinajstić information content (AvgIpc) is 2.57. The Morgan fingerprint density at radius 3 is 2.21 bits per heavy atom. The first-order chi connectivity index (χ1) is 11.4. The second-order valence-corrected chi connectivity index (χ2v) is 5.97. The van der Waals surface area contributed by atoms with E-state index in [2.05, 4.69) is 37.3 Å². The Kier molecular flexibility index (Phi) is 7.85. The molecular weight excluding hydrogens is 326 g/mol. The van der Waals surface area contributed by atoms with Crippen LogP contribution in [0.4, 0.5) is 0 Å². The standard InChI is InChI=1S/C10H14O.C8H7NO3S/c1-7-5-8(2)9(3)10(6-7)11-4;10-6-8-3-1-7(2-4-8)5-9-13(11)12/h5-6H,1-4H3;1-4,6H,5H2. The number of rotatable bonds is 4. The number of aldehydes is 1. The highest BCUT2D eigenvalue weighted by molar-refractivity contribution is 7.61. The third-order valence-corrected chi connectivity index (χ3v) is 3.79. The van der Waals surface area contributed by atoms with Gasteiger partial charge in [0.15, 0.2) is 0 Å². The molecule has 0 saturated heterocycles. The van der Waals surface area contributed by atoms with Crippen LogP contribution in [0.15, 0.2) is 40.8 Å². The molecule has 0 aliphatic heterocycles. The molecule has 0 spiro atoms. The molecule has 0 radical (unpaired) electrons. The summed E-state index contributed by atoms with van der Waals surface area (Å²) in [5, 5.41) is 0. The summed E-state index contributed by atoms with van der Waals surface area (Å²) in [7, 11) is -0.658. The van der Waals surface area contributed by atoms with Gasteiger partial charge in [0.1, 0.15) is 12.0 Å².